The average molecular weight is 445 g/mol. The van der Waals surface area contributed by atoms with Gasteiger partial charge in [-0.15, -0.1) is 0 Å². The number of fused-ring (bicyclic) bond motifs is 1. The lowest BCUT2D eigenvalue weighted by atomic mass is 10.1. The zero-order valence-corrected chi connectivity index (χ0v) is 17.7. The highest BCUT2D eigenvalue weighted by atomic mass is 35.5. The van der Waals surface area contributed by atoms with Gasteiger partial charge in [0.15, 0.2) is 0 Å². The van der Waals surface area contributed by atoms with E-state index in [0.29, 0.717) is 37.0 Å². The Morgan fingerprint density at radius 1 is 1.23 bits per heavy atom. The molecule has 1 N–H and O–H groups in total. The minimum Gasteiger partial charge on any atom is -0.490 e. The van der Waals surface area contributed by atoms with E-state index in [0.717, 1.165) is 23.7 Å². The van der Waals surface area contributed by atoms with Gasteiger partial charge in [0.05, 0.1) is 17.1 Å². The van der Waals surface area contributed by atoms with Crippen LogP contribution in [0.15, 0.2) is 42.7 Å². The average Bonchev–Trinajstić information content (AvgIpc) is 2.77. The minimum atomic E-state index is -0.482. The van der Waals surface area contributed by atoms with Crippen LogP contribution in [0.1, 0.15) is 19.8 Å². The zero-order chi connectivity index (χ0) is 21.8. The van der Waals surface area contributed by atoms with Crippen LogP contribution in [0.2, 0.25) is 5.02 Å². The number of anilines is 2. The molecule has 4 rings (SSSR count). The molecule has 1 aliphatic heterocycles. The summed E-state index contributed by atoms with van der Waals surface area (Å²) in [5.74, 6) is 0.775. The summed E-state index contributed by atoms with van der Waals surface area (Å²) in [6, 6.07) is 10.00. The molecule has 1 amide bonds. The Morgan fingerprint density at radius 3 is 2.77 bits per heavy atom. The van der Waals surface area contributed by atoms with Crippen LogP contribution in [0.5, 0.6) is 5.75 Å². The maximum atomic E-state index is 13.4. The van der Waals surface area contributed by atoms with Gasteiger partial charge in [-0.25, -0.2) is 19.2 Å². The molecule has 162 valence electrons. The molecular formula is C22H22ClFN4O3. The number of ether oxygens (including phenoxy) is 2. The first-order chi connectivity index (χ1) is 15.0. The summed E-state index contributed by atoms with van der Waals surface area (Å²) in [6.45, 7) is 3.36. The summed E-state index contributed by atoms with van der Waals surface area (Å²) in [6.07, 6.45) is 2.63. The summed E-state index contributed by atoms with van der Waals surface area (Å²) in [5, 5.41) is 3.96. The number of likely N-dealkylation sites (tertiary alicyclic amines) is 1. The van der Waals surface area contributed by atoms with Crippen molar-refractivity contribution >= 4 is 40.1 Å². The summed E-state index contributed by atoms with van der Waals surface area (Å²) in [4.78, 5) is 22.2. The molecule has 3 aromatic rings. The number of rotatable bonds is 5. The van der Waals surface area contributed by atoms with Gasteiger partial charge in [-0.05, 0) is 43.3 Å². The van der Waals surface area contributed by atoms with Gasteiger partial charge in [0.25, 0.3) is 0 Å². The molecule has 0 atom stereocenters. The molecule has 31 heavy (non-hydrogen) atoms. The maximum absolute atomic E-state index is 13.4. The molecule has 1 aromatic heterocycles. The van der Waals surface area contributed by atoms with Crippen LogP contribution >= 0.6 is 11.6 Å². The Labute approximate surface area is 184 Å². The van der Waals surface area contributed by atoms with Crippen molar-refractivity contribution < 1.29 is 18.7 Å². The second-order valence-corrected chi connectivity index (χ2v) is 7.57. The molecular weight excluding hydrogens is 423 g/mol. The molecule has 1 aliphatic rings. The fourth-order valence-electron chi connectivity index (χ4n) is 3.48. The molecule has 2 aromatic carbocycles. The van der Waals surface area contributed by atoms with Crippen LogP contribution in [0, 0.1) is 5.82 Å². The fourth-order valence-corrected chi connectivity index (χ4v) is 3.66. The molecule has 7 nitrogen and oxygen atoms in total. The van der Waals surface area contributed by atoms with E-state index in [2.05, 4.69) is 15.3 Å². The standard InChI is InChI=1S/C22H22ClFN4O3/c1-2-30-22(29)28-9-7-15(8-10-28)31-16-4-6-20-17(12-16)21(26-13-25-20)27-14-3-5-19(24)18(23)11-14/h3-6,11-13,15H,2,7-10H2,1H3,(H,25,26,27). The third kappa shape index (κ3) is 4.96. The first-order valence-corrected chi connectivity index (χ1v) is 10.5. The second kappa shape index (κ2) is 9.34. The van der Waals surface area contributed by atoms with Gasteiger partial charge >= 0.3 is 6.09 Å². The Balaban J connectivity index is 1.48. The number of amides is 1. The maximum Gasteiger partial charge on any atom is 0.409 e. The third-order valence-corrected chi connectivity index (χ3v) is 5.35. The largest absolute Gasteiger partial charge is 0.490 e. The van der Waals surface area contributed by atoms with E-state index >= 15 is 0 Å². The Kier molecular flexibility index (Phi) is 6.36. The summed E-state index contributed by atoms with van der Waals surface area (Å²) < 4.78 is 24.7. The number of piperidine rings is 1. The summed E-state index contributed by atoms with van der Waals surface area (Å²) >= 11 is 5.88. The van der Waals surface area contributed by atoms with E-state index in [9.17, 15) is 9.18 Å². The van der Waals surface area contributed by atoms with Gasteiger partial charge < -0.3 is 19.7 Å². The number of hydrogen-bond acceptors (Lipinski definition) is 6. The van der Waals surface area contributed by atoms with Gasteiger partial charge in [0.1, 0.15) is 29.8 Å². The minimum absolute atomic E-state index is 0.0000662. The van der Waals surface area contributed by atoms with E-state index in [1.807, 2.05) is 18.2 Å². The van der Waals surface area contributed by atoms with Crippen LogP contribution in [0.4, 0.5) is 20.7 Å². The van der Waals surface area contributed by atoms with E-state index in [1.165, 1.54) is 18.5 Å². The fraction of sp³-hybridized carbons (Fsp3) is 0.318. The number of benzene rings is 2. The van der Waals surface area contributed by atoms with Crippen molar-refractivity contribution in [3.05, 3.63) is 53.6 Å². The predicted octanol–water partition coefficient (Wildman–Crippen LogP) is 5.17. The van der Waals surface area contributed by atoms with Crippen molar-refractivity contribution in [1.29, 1.82) is 0 Å². The van der Waals surface area contributed by atoms with Crippen LogP contribution in [0.3, 0.4) is 0 Å². The Hall–Kier alpha value is -3.13. The van der Waals surface area contributed by atoms with Crippen molar-refractivity contribution in [3.63, 3.8) is 0 Å². The van der Waals surface area contributed by atoms with Gasteiger partial charge in [-0.3, -0.25) is 0 Å². The van der Waals surface area contributed by atoms with E-state index < -0.39 is 5.82 Å². The summed E-state index contributed by atoms with van der Waals surface area (Å²) in [7, 11) is 0. The van der Waals surface area contributed by atoms with Crippen molar-refractivity contribution in [3.8, 4) is 5.75 Å². The molecule has 0 saturated carbocycles. The van der Waals surface area contributed by atoms with Crippen LogP contribution < -0.4 is 10.1 Å². The lowest BCUT2D eigenvalue weighted by Crippen LogP contribution is -2.42. The number of nitrogens with zero attached hydrogens (tertiary/aromatic N) is 3. The number of aromatic nitrogens is 2. The van der Waals surface area contributed by atoms with Gasteiger partial charge in [0, 0.05) is 37.0 Å². The molecule has 9 heteroatoms. The highest BCUT2D eigenvalue weighted by molar-refractivity contribution is 6.31. The lowest BCUT2D eigenvalue weighted by molar-refractivity contribution is 0.0704. The van der Waals surface area contributed by atoms with Gasteiger partial charge in [-0.2, -0.15) is 0 Å². The first kappa shape index (κ1) is 21.1. The number of carbonyl (C=O) groups is 1. The van der Waals surface area contributed by atoms with Crippen molar-refractivity contribution in [2.75, 3.05) is 25.0 Å². The molecule has 0 bridgehead atoms. The summed E-state index contributed by atoms with van der Waals surface area (Å²) in [5.41, 5.74) is 1.36. The molecule has 0 radical (unpaired) electrons. The number of carbonyl (C=O) groups excluding carboxylic acids is 1. The van der Waals surface area contributed by atoms with Crippen LogP contribution in [0.25, 0.3) is 10.9 Å². The molecule has 2 heterocycles. The third-order valence-electron chi connectivity index (χ3n) is 5.06. The topological polar surface area (TPSA) is 76.6 Å². The predicted molar refractivity (Wildman–Crippen MR) is 116 cm³/mol. The molecule has 0 aliphatic carbocycles. The first-order valence-electron chi connectivity index (χ1n) is 10.1. The van der Waals surface area contributed by atoms with Crippen LogP contribution in [-0.4, -0.2) is 46.8 Å². The van der Waals surface area contributed by atoms with Crippen molar-refractivity contribution in [1.82, 2.24) is 14.9 Å². The Bertz CT molecular complexity index is 1090. The highest BCUT2D eigenvalue weighted by Gasteiger charge is 2.24. The zero-order valence-electron chi connectivity index (χ0n) is 17.0. The van der Waals surface area contributed by atoms with Gasteiger partial charge in [0.2, 0.25) is 0 Å². The molecule has 1 fully saturated rings. The molecule has 0 unspecified atom stereocenters. The molecule has 1 saturated heterocycles. The monoisotopic (exact) mass is 444 g/mol. The quantitative estimate of drug-likeness (QED) is 0.585. The van der Waals surface area contributed by atoms with Gasteiger partial charge in [-0.1, -0.05) is 11.6 Å². The number of nitrogens with one attached hydrogen (secondary N) is 1. The van der Waals surface area contributed by atoms with E-state index in [4.69, 9.17) is 21.1 Å². The number of hydrogen-bond donors (Lipinski definition) is 1. The van der Waals surface area contributed by atoms with E-state index in [1.54, 1.807) is 17.9 Å². The van der Waals surface area contributed by atoms with Crippen molar-refractivity contribution in [2.45, 2.75) is 25.9 Å². The normalized spacial score (nSPS) is 14.5. The van der Waals surface area contributed by atoms with Crippen LogP contribution in [-0.2, 0) is 4.74 Å². The lowest BCUT2D eigenvalue weighted by Gasteiger charge is -2.31. The SMILES string of the molecule is CCOC(=O)N1CCC(Oc2ccc3ncnc(Nc4ccc(F)c(Cl)c4)c3c2)CC1. The number of halogens is 2. The van der Waals surface area contributed by atoms with E-state index in [-0.39, 0.29) is 17.2 Å². The Morgan fingerprint density at radius 2 is 2.03 bits per heavy atom. The van der Waals surface area contributed by atoms with Crippen molar-refractivity contribution in [2.24, 2.45) is 0 Å². The molecule has 0 spiro atoms. The smallest absolute Gasteiger partial charge is 0.409 e. The second-order valence-electron chi connectivity index (χ2n) is 7.16. The highest BCUT2D eigenvalue weighted by Crippen LogP contribution is 2.29.